The third-order valence-corrected chi connectivity index (χ3v) is 4.06. The minimum absolute atomic E-state index is 0.740. The average Bonchev–Trinajstić information content (AvgIpc) is 2.38. The van der Waals surface area contributed by atoms with Gasteiger partial charge in [0, 0.05) is 17.1 Å². The van der Waals surface area contributed by atoms with E-state index >= 15 is 0 Å². The van der Waals surface area contributed by atoms with Gasteiger partial charge in [-0.2, -0.15) is 0 Å². The van der Waals surface area contributed by atoms with Gasteiger partial charge in [-0.1, -0.05) is 35.0 Å². The van der Waals surface area contributed by atoms with E-state index in [0.717, 1.165) is 19.1 Å². The van der Waals surface area contributed by atoms with Crippen molar-refractivity contribution >= 4 is 15.9 Å². The van der Waals surface area contributed by atoms with Crippen LogP contribution in [0.5, 0.6) is 0 Å². The molecule has 0 bridgehead atoms. The Hall–Kier alpha value is -0.380. The molecule has 2 rings (SSSR count). The van der Waals surface area contributed by atoms with E-state index in [4.69, 9.17) is 0 Å². The summed E-state index contributed by atoms with van der Waals surface area (Å²) >= 11 is 3.54. The zero-order valence-electron chi connectivity index (χ0n) is 11.2. The molecule has 0 saturated carbocycles. The summed E-state index contributed by atoms with van der Waals surface area (Å²) in [7, 11) is 0. The fourth-order valence-electron chi connectivity index (χ4n) is 2.54. The largest absolute Gasteiger partial charge is 0.314 e. The number of nitrogens with one attached hydrogen (secondary N) is 1. The fraction of sp³-hybridized carbons (Fsp3) is 0.600. The first kappa shape index (κ1) is 14.0. The smallest absolute Gasteiger partial charge is 0.0234 e. The molecule has 1 aromatic rings. The summed E-state index contributed by atoms with van der Waals surface area (Å²) in [4.78, 5) is 2.56. The van der Waals surface area contributed by atoms with Crippen LogP contribution in [0.15, 0.2) is 28.7 Å². The summed E-state index contributed by atoms with van der Waals surface area (Å²) in [6, 6.07) is 9.39. The molecule has 1 saturated heterocycles. The van der Waals surface area contributed by atoms with E-state index in [9.17, 15) is 0 Å². The van der Waals surface area contributed by atoms with Crippen molar-refractivity contribution in [3.63, 3.8) is 0 Å². The van der Waals surface area contributed by atoms with Crippen LogP contribution in [-0.2, 0) is 6.54 Å². The Morgan fingerprint density at radius 3 is 2.78 bits per heavy atom. The summed E-state index contributed by atoms with van der Waals surface area (Å²) in [6.45, 7) is 6.91. The van der Waals surface area contributed by atoms with Crippen LogP contribution in [0.4, 0.5) is 0 Å². The predicted molar refractivity (Wildman–Crippen MR) is 80.7 cm³/mol. The van der Waals surface area contributed by atoms with Crippen LogP contribution in [-0.4, -0.2) is 30.6 Å². The number of halogens is 1. The van der Waals surface area contributed by atoms with Gasteiger partial charge < -0.3 is 5.32 Å². The van der Waals surface area contributed by atoms with E-state index in [2.05, 4.69) is 57.3 Å². The number of benzene rings is 1. The lowest BCUT2D eigenvalue weighted by atomic mass is 10.0. The molecule has 1 aliphatic rings. The van der Waals surface area contributed by atoms with Gasteiger partial charge in [0.05, 0.1) is 0 Å². The Morgan fingerprint density at radius 1 is 1.33 bits per heavy atom. The lowest BCUT2D eigenvalue weighted by molar-refractivity contribution is 0.191. The van der Waals surface area contributed by atoms with Gasteiger partial charge in [-0.15, -0.1) is 0 Å². The number of hydrogen-bond donors (Lipinski definition) is 1. The molecule has 1 heterocycles. The van der Waals surface area contributed by atoms with Crippen molar-refractivity contribution in [2.24, 2.45) is 0 Å². The van der Waals surface area contributed by atoms with Crippen molar-refractivity contribution in [1.82, 2.24) is 10.2 Å². The summed E-state index contributed by atoms with van der Waals surface area (Å²) in [5.74, 6) is 0. The molecule has 1 N–H and O–H groups in total. The molecule has 18 heavy (non-hydrogen) atoms. The van der Waals surface area contributed by atoms with Gasteiger partial charge in [0.2, 0.25) is 0 Å². The lowest BCUT2D eigenvalue weighted by Crippen LogP contribution is -2.42. The number of piperidine rings is 1. The van der Waals surface area contributed by atoms with Crippen LogP contribution in [0.2, 0.25) is 0 Å². The summed E-state index contributed by atoms with van der Waals surface area (Å²) < 4.78 is 1.18. The maximum atomic E-state index is 3.63. The predicted octanol–water partition coefficient (Wildman–Crippen LogP) is 3.41. The van der Waals surface area contributed by atoms with Crippen LogP contribution in [0, 0.1) is 0 Å². The molecule has 0 atom stereocenters. The second kappa shape index (κ2) is 7.27. The molecule has 0 spiro atoms. The monoisotopic (exact) mass is 310 g/mol. The summed E-state index contributed by atoms with van der Waals surface area (Å²) in [5.41, 5.74) is 1.41. The Labute approximate surface area is 119 Å². The van der Waals surface area contributed by atoms with Gasteiger partial charge in [-0.3, -0.25) is 4.90 Å². The molecular formula is C15H23BrN2. The van der Waals surface area contributed by atoms with Crippen LogP contribution in [0.25, 0.3) is 0 Å². The van der Waals surface area contributed by atoms with Crippen molar-refractivity contribution in [1.29, 1.82) is 0 Å². The molecule has 0 aromatic heterocycles. The Morgan fingerprint density at radius 2 is 2.11 bits per heavy atom. The van der Waals surface area contributed by atoms with E-state index in [1.54, 1.807) is 0 Å². The van der Waals surface area contributed by atoms with Crippen LogP contribution < -0.4 is 5.32 Å². The first-order chi connectivity index (χ1) is 8.78. The molecule has 0 radical (unpaired) electrons. The zero-order chi connectivity index (χ0) is 12.8. The van der Waals surface area contributed by atoms with Gasteiger partial charge in [-0.25, -0.2) is 0 Å². The van der Waals surface area contributed by atoms with Crippen LogP contribution in [0.3, 0.4) is 0 Å². The highest BCUT2D eigenvalue weighted by atomic mass is 79.9. The van der Waals surface area contributed by atoms with E-state index < -0.39 is 0 Å². The first-order valence-corrected chi connectivity index (χ1v) is 7.77. The average molecular weight is 311 g/mol. The minimum Gasteiger partial charge on any atom is -0.314 e. The molecular weight excluding hydrogens is 288 g/mol. The van der Waals surface area contributed by atoms with Gasteiger partial charge in [0.15, 0.2) is 0 Å². The van der Waals surface area contributed by atoms with Gasteiger partial charge >= 0.3 is 0 Å². The number of likely N-dealkylation sites (tertiary alicyclic amines) is 1. The summed E-state index contributed by atoms with van der Waals surface area (Å²) in [6.07, 6.45) is 3.81. The van der Waals surface area contributed by atoms with E-state index in [1.165, 1.54) is 42.4 Å². The second-order valence-electron chi connectivity index (χ2n) is 5.13. The van der Waals surface area contributed by atoms with Gasteiger partial charge in [0.1, 0.15) is 0 Å². The molecule has 0 amide bonds. The molecule has 1 aliphatic heterocycles. The Bertz CT molecular complexity index is 359. The molecule has 100 valence electrons. The van der Waals surface area contributed by atoms with Crippen LogP contribution in [0.1, 0.15) is 31.7 Å². The second-order valence-corrected chi connectivity index (χ2v) is 6.05. The third-order valence-electron chi connectivity index (χ3n) is 3.57. The first-order valence-electron chi connectivity index (χ1n) is 6.98. The topological polar surface area (TPSA) is 15.3 Å². The molecule has 0 unspecified atom stereocenters. The Balaban J connectivity index is 1.76. The highest BCUT2D eigenvalue weighted by Gasteiger charge is 2.18. The van der Waals surface area contributed by atoms with Gasteiger partial charge in [0.25, 0.3) is 0 Å². The highest BCUT2D eigenvalue weighted by molar-refractivity contribution is 9.10. The van der Waals surface area contributed by atoms with E-state index in [1.807, 2.05) is 0 Å². The molecule has 3 heteroatoms. The number of hydrogen-bond acceptors (Lipinski definition) is 2. The van der Waals surface area contributed by atoms with Crippen molar-refractivity contribution in [3.8, 4) is 0 Å². The van der Waals surface area contributed by atoms with Crippen molar-refractivity contribution in [2.75, 3.05) is 19.6 Å². The number of nitrogens with zero attached hydrogens (tertiary/aromatic N) is 1. The SMILES string of the molecule is CCCNC1CCN(Cc2cccc(Br)c2)CC1. The fourth-order valence-corrected chi connectivity index (χ4v) is 2.98. The minimum atomic E-state index is 0.740. The molecule has 0 aliphatic carbocycles. The molecule has 2 nitrogen and oxygen atoms in total. The molecule has 1 fully saturated rings. The lowest BCUT2D eigenvalue weighted by Gasteiger charge is -2.32. The zero-order valence-corrected chi connectivity index (χ0v) is 12.7. The Kier molecular flexibility index (Phi) is 5.67. The quantitative estimate of drug-likeness (QED) is 0.896. The standard InChI is InChI=1S/C15H23BrN2/c1-2-8-17-15-6-9-18(10-7-15)12-13-4-3-5-14(16)11-13/h3-5,11,15,17H,2,6-10,12H2,1H3. The summed E-state index contributed by atoms with van der Waals surface area (Å²) in [5, 5.41) is 3.63. The van der Waals surface area contributed by atoms with Crippen LogP contribution >= 0.6 is 15.9 Å². The highest BCUT2D eigenvalue weighted by Crippen LogP contribution is 2.16. The van der Waals surface area contributed by atoms with Crippen molar-refractivity contribution in [3.05, 3.63) is 34.3 Å². The normalized spacial score (nSPS) is 18.1. The van der Waals surface area contributed by atoms with Crippen molar-refractivity contribution < 1.29 is 0 Å². The third kappa shape index (κ3) is 4.38. The maximum absolute atomic E-state index is 3.63. The molecule has 1 aromatic carbocycles. The maximum Gasteiger partial charge on any atom is 0.0234 e. The van der Waals surface area contributed by atoms with E-state index in [-0.39, 0.29) is 0 Å². The number of rotatable bonds is 5. The van der Waals surface area contributed by atoms with E-state index in [0.29, 0.717) is 0 Å². The van der Waals surface area contributed by atoms with Crippen molar-refractivity contribution in [2.45, 2.75) is 38.8 Å². The van der Waals surface area contributed by atoms with Gasteiger partial charge in [-0.05, 0) is 56.6 Å².